The standard InChI is InChI=1S/C13H18FNO/c1-8(2)5-10-7-12(15)11-4-3-9(14)6-13(11)16-10/h3-4,6,8,10,12H,5,7,15H2,1-2H3. The lowest BCUT2D eigenvalue weighted by molar-refractivity contribution is 0.135. The quantitative estimate of drug-likeness (QED) is 0.836. The Bertz CT molecular complexity index is 378. The van der Waals surface area contributed by atoms with Gasteiger partial charge in [0.25, 0.3) is 0 Å². The van der Waals surface area contributed by atoms with Crippen molar-refractivity contribution in [2.24, 2.45) is 11.7 Å². The summed E-state index contributed by atoms with van der Waals surface area (Å²) >= 11 is 0. The zero-order valence-electron chi connectivity index (χ0n) is 9.74. The van der Waals surface area contributed by atoms with Gasteiger partial charge >= 0.3 is 0 Å². The Hall–Kier alpha value is -1.09. The first-order chi connectivity index (χ1) is 7.56. The van der Waals surface area contributed by atoms with Gasteiger partial charge in [0.1, 0.15) is 17.7 Å². The molecule has 1 aliphatic heterocycles. The molecular formula is C13H18FNO. The fourth-order valence-electron chi connectivity index (χ4n) is 2.22. The van der Waals surface area contributed by atoms with Crippen LogP contribution in [-0.4, -0.2) is 6.10 Å². The van der Waals surface area contributed by atoms with E-state index < -0.39 is 0 Å². The van der Waals surface area contributed by atoms with Crippen LogP contribution < -0.4 is 10.5 Å². The molecule has 16 heavy (non-hydrogen) atoms. The van der Waals surface area contributed by atoms with Gasteiger partial charge in [-0.05, 0) is 18.4 Å². The molecule has 88 valence electrons. The molecule has 2 nitrogen and oxygen atoms in total. The molecule has 0 saturated carbocycles. The number of halogens is 1. The van der Waals surface area contributed by atoms with E-state index in [4.69, 9.17) is 10.5 Å². The molecule has 2 unspecified atom stereocenters. The molecule has 0 saturated heterocycles. The van der Waals surface area contributed by atoms with E-state index in [0.717, 1.165) is 18.4 Å². The fraction of sp³-hybridized carbons (Fsp3) is 0.538. The van der Waals surface area contributed by atoms with Gasteiger partial charge in [0.2, 0.25) is 0 Å². The monoisotopic (exact) mass is 223 g/mol. The third-order valence-electron chi connectivity index (χ3n) is 2.92. The van der Waals surface area contributed by atoms with E-state index in [2.05, 4.69) is 13.8 Å². The van der Waals surface area contributed by atoms with Gasteiger partial charge in [-0.3, -0.25) is 0 Å². The summed E-state index contributed by atoms with van der Waals surface area (Å²) in [6, 6.07) is 4.56. The van der Waals surface area contributed by atoms with Crippen LogP contribution in [0, 0.1) is 11.7 Å². The average molecular weight is 223 g/mol. The Morgan fingerprint density at radius 3 is 2.94 bits per heavy atom. The number of fused-ring (bicyclic) bond motifs is 1. The smallest absolute Gasteiger partial charge is 0.127 e. The lowest BCUT2D eigenvalue weighted by atomic mass is 9.93. The molecule has 0 fully saturated rings. The summed E-state index contributed by atoms with van der Waals surface area (Å²) in [7, 11) is 0. The zero-order chi connectivity index (χ0) is 11.7. The van der Waals surface area contributed by atoms with Gasteiger partial charge in [-0.15, -0.1) is 0 Å². The summed E-state index contributed by atoms with van der Waals surface area (Å²) < 4.78 is 18.9. The highest BCUT2D eigenvalue weighted by Gasteiger charge is 2.26. The summed E-state index contributed by atoms with van der Waals surface area (Å²) in [6.45, 7) is 4.30. The van der Waals surface area contributed by atoms with Gasteiger partial charge in [0.05, 0.1) is 0 Å². The highest BCUT2D eigenvalue weighted by Crippen LogP contribution is 2.35. The van der Waals surface area contributed by atoms with E-state index in [1.54, 1.807) is 6.07 Å². The van der Waals surface area contributed by atoms with Gasteiger partial charge in [-0.25, -0.2) is 4.39 Å². The SMILES string of the molecule is CC(C)CC1CC(N)c2ccc(F)cc2O1. The van der Waals surface area contributed by atoms with Crippen molar-refractivity contribution in [1.29, 1.82) is 0 Å². The van der Waals surface area contributed by atoms with Crippen LogP contribution in [0.4, 0.5) is 4.39 Å². The van der Waals surface area contributed by atoms with Crippen molar-refractivity contribution in [3.8, 4) is 5.75 Å². The van der Waals surface area contributed by atoms with Gasteiger partial charge in [0, 0.05) is 24.1 Å². The number of hydrogen-bond acceptors (Lipinski definition) is 2. The predicted octanol–water partition coefficient (Wildman–Crippen LogP) is 3.02. The largest absolute Gasteiger partial charge is 0.490 e. The predicted molar refractivity (Wildman–Crippen MR) is 61.8 cm³/mol. The molecule has 0 radical (unpaired) electrons. The Balaban J connectivity index is 2.20. The van der Waals surface area contributed by atoms with E-state index >= 15 is 0 Å². The normalized spacial score (nSPS) is 24.1. The number of nitrogens with two attached hydrogens (primary N) is 1. The van der Waals surface area contributed by atoms with Gasteiger partial charge in [-0.1, -0.05) is 19.9 Å². The lowest BCUT2D eigenvalue weighted by Gasteiger charge is -2.31. The van der Waals surface area contributed by atoms with Crippen LogP contribution in [0.1, 0.15) is 38.3 Å². The van der Waals surface area contributed by atoms with Gasteiger partial charge in [-0.2, -0.15) is 0 Å². The molecule has 1 heterocycles. The van der Waals surface area contributed by atoms with Crippen molar-refractivity contribution in [3.05, 3.63) is 29.6 Å². The number of rotatable bonds is 2. The molecule has 1 aliphatic rings. The third-order valence-corrected chi connectivity index (χ3v) is 2.92. The molecule has 2 rings (SSSR count). The molecule has 0 aliphatic carbocycles. The maximum Gasteiger partial charge on any atom is 0.127 e. The van der Waals surface area contributed by atoms with Crippen molar-refractivity contribution in [3.63, 3.8) is 0 Å². The molecule has 0 spiro atoms. The van der Waals surface area contributed by atoms with Crippen molar-refractivity contribution in [1.82, 2.24) is 0 Å². The van der Waals surface area contributed by atoms with Crippen molar-refractivity contribution in [2.45, 2.75) is 38.8 Å². The number of ether oxygens (including phenoxy) is 1. The molecule has 1 aromatic carbocycles. The van der Waals surface area contributed by atoms with E-state index in [9.17, 15) is 4.39 Å². The van der Waals surface area contributed by atoms with Crippen LogP contribution in [0.5, 0.6) is 5.75 Å². The highest BCUT2D eigenvalue weighted by atomic mass is 19.1. The van der Waals surface area contributed by atoms with Crippen LogP contribution in [0.15, 0.2) is 18.2 Å². The molecule has 2 atom stereocenters. The highest BCUT2D eigenvalue weighted by molar-refractivity contribution is 5.38. The summed E-state index contributed by atoms with van der Waals surface area (Å²) in [5.41, 5.74) is 6.98. The average Bonchev–Trinajstić information content (AvgIpc) is 2.15. The van der Waals surface area contributed by atoms with Crippen LogP contribution in [0.25, 0.3) is 0 Å². The molecule has 3 heteroatoms. The molecule has 0 bridgehead atoms. The summed E-state index contributed by atoms with van der Waals surface area (Å²) in [5.74, 6) is 0.910. The Morgan fingerprint density at radius 2 is 2.25 bits per heavy atom. The molecule has 1 aromatic rings. The second-order valence-electron chi connectivity index (χ2n) is 4.89. The van der Waals surface area contributed by atoms with Crippen molar-refractivity contribution >= 4 is 0 Å². The third kappa shape index (κ3) is 2.35. The molecule has 0 amide bonds. The second-order valence-corrected chi connectivity index (χ2v) is 4.89. The zero-order valence-corrected chi connectivity index (χ0v) is 9.74. The van der Waals surface area contributed by atoms with Crippen LogP contribution in [0.3, 0.4) is 0 Å². The van der Waals surface area contributed by atoms with E-state index in [0.29, 0.717) is 11.7 Å². The maximum atomic E-state index is 13.1. The summed E-state index contributed by atoms with van der Waals surface area (Å²) in [5, 5.41) is 0. The fourth-order valence-corrected chi connectivity index (χ4v) is 2.22. The number of benzene rings is 1. The van der Waals surface area contributed by atoms with E-state index in [1.807, 2.05) is 0 Å². The van der Waals surface area contributed by atoms with Crippen molar-refractivity contribution in [2.75, 3.05) is 0 Å². The Kier molecular flexibility index (Phi) is 3.15. The molecular weight excluding hydrogens is 205 g/mol. The number of hydrogen-bond donors (Lipinski definition) is 1. The second kappa shape index (κ2) is 4.42. The minimum absolute atomic E-state index is 0.0342. The molecule has 2 N–H and O–H groups in total. The lowest BCUT2D eigenvalue weighted by Crippen LogP contribution is -2.30. The van der Waals surface area contributed by atoms with E-state index in [-0.39, 0.29) is 18.0 Å². The van der Waals surface area contributed by atoms with Gasteiger partial charge < -0.3 is 10.5 Å². The minimum Gasteiger partial charge on any atom is -0.490 e. The Labute approximate surface area is 95.6 Å². The summed E-state index contributed by atoms with van der Waals surface area (Å²) in [4.78, 5) is 0. The Morgan fingerprint density at radius 1 is 1.50 bits per heavy atom. The maximum absolute atomic E-state index is 13.1. The van der Waals surface area contributed by atoms with Crippen LogP contribution >= 0.6 is 0 Å². The summed E-state index contributed by atoms with van der Waals surface area (Å²) in [6.07, 6.45) is 1.89. The van der Waals surface area contributed by atoms with Crippen LogP contribution in [0.2, 0.25) is 0 Å². The van der Waals surface area contributed by atoms with E-state index in [1.165, 1.54) is 12.1 Å². The first-order valence-electron chi connectivity index (χ1n) is 5.78. The topological polar surface area (TPSA) is 35.2 Å². The van der Waals surface area contributed by atoms with Gasteiger partial charge in [0.15, 0.2) is 0 Å². The first kappa shape index (κ1) is 11.4. The van der Waals surface area contributed by atoms with Crippen molar-refractivity contribution < 1.29 is 9.13 Å². The first-order valence-corrected chi connectivity index (χ1v) is 5.78. The molecule has 0 aromatic heterocycles. The van der Waals surface area contributed by atoms with Crippen LogP contribution in [-0.2, 0) is 0 Å². The minimum atomic E-state index is -0.267.